The van der Waals surface area contributed by atoms with Gasteiger partial charge in [0.25, 0.3) is 5.91 Å². The molecular weight excluding hydrogens is 316 g/mol. The number of carbonyl (C=O) groups is 1. The van der Waals surface area contributed by atoms with Crippen LogP contribution in [0.4, 0.5) is 0 Å². The van der Waals surface area contributed by atoms with Gasteiger partial charge in [0.2, 0.25) is 0 Å². The fourth-order valence-electron chi connectivity index (χ4n) is 4.26. The molecule has 1 aliphatic heterocycles. The summed E-state index contributed by atoms with van der Waals surface area (Å²) in [4.78, 5) is 17.4. The summed E-state index contributed by atoms with van der Waals surface area (Å²) in [5.41, 5.74) is 0.729. The first-order chi connectivity index (χ1) is 12.1. The van der Waals surface area contributed by atoms with Gasteiger partial charge in [0.05, 0.1) is 12.7 Å². The molecule has 0 aromatic heterocycles. The standard InChI is InChI=1S/C20H30N2O3/c1-4-25-16-10-8-15(9-11-16)20(23)21(2)18-6-5-7-19(18)22-13-12-17(14-22)24-3/h8-11,17-19H,4-7,12-14H2,1-3H3/t17?,18-,19+/m1/s1. The molecule has 138 valence electrons. The maximum Gasteiger partial charge on any atom is 0.253 e. The molecule has 5 nitrogen and oxygen atoms in total. The van der Waals surface area contributed by atoms with Crippen molar-refractivity contribution in [2.24, 2.45) is 0 Å². The molecule has 1 saturated carbocycles. The summed E-state index contributed by atoms with van der Waals surface area (Å²) in [5, 5.41) is 0. The summed E-state index contributed by atoms with van der Waals surface area (Å²) in [6.07, 6.45) is 4.87. The molecular formula is C20H30N2O3. The van der Waals surface area contributed by atoms with Gasteiger partial charge in [-0.1, -0.05) is 0 Å². The minimum Gasteiger partial charge on any atom is -0.494 e. The molecule has 0 N–H and O–H groups in total. The molecule has 1 aromatic rings. The van der Waals surface area contributed by atoms with Gasteiger partial charge >= 0.3 is 0 Å². The largest absolute Gasteiger partial charge is 0.494 e. The Labute approximate surface area is 150 Å². The van der Waals surface area contributed by atoms with E-state index in [1.54, 1.807) is 7.11 Å². The van der Waals surface area contributed by atoms with Crippen molar-refractivity contribution in [3.05, 3.63) is 29.8 Å². The fraction of sp³-hybridized carbons (Fsp3) is 0.650. The van der Waals surface area contributed by atoms with Crippen LogP contribution in [0.5, 0.6) is 5.75 Å². The van der Waals surface area contributed by atoms with E-state index in [0.29, 0.717) is 18.8 Å². The molecule has 1 aromatic carbocycles. The predicted octanol–water partition coefficient (Wildman–Crippen LogP) is 2.80. The lowest BCUT2D eigenvalue weighted by atomic mass is 10.1. The van der Waals surface area contributed by atoms with Gasteiger partial charge in [-0.05, 0) is 56.9 Å². The van der Waals surface area contributed by atoms with Crippen LogP contribution < -0.4 is 4.74 Å². The third-order valence-electron chi connectivity index (χ3n) is 5.65. The van der Waals surface area contributed by atoms with Crippen LogP contribution in [0.25, 0.3) is 0 Å². The van der Waals surface area contributed by atoms with Crippen molar-refractivity contribution < 1.29 is 14.3 Å². The van der Waals surface area contributed by atoms with Gasteiger partial charge in [0.15, 0.2) is 0 Å². The maximum absolute atomic E-state index is 12.9. The van der Waals surface area contributed by atoms with E-state index in [-0.39, 0.29) is 11.9 Å². The smallest absolute Gasteiger partial charge is 0.253 e. The Morgan fingerprint density at radius 2 is 2.00 bits per heavy atom. The second kappa shape index (κ2) is 8.19. The third-order valence-corrected chi connectivity index (χ3v) is 5.65. The monoisotopic (exact) mass is 346 g/mol. The minimum absolute atomic E-state index is 0.0995. The molecule has 1 heterocycles. The highest BCUT2D eigenvalue weighted by Gasteiger charge is 2.39. The van der Waals surface area contributed by atoms with Crippen LogP contribution in [0.1, 0.15) is 43.0 Å². The Hall–Kier alpha value is -1.59. The topological polar surface area (TPSA) is 42.0 Å². The Kier molecular flexibility index (Phi) is 5.97. The Morgan fingerprint density at radius 1 is 1.24 bits per heavy atom. The first-order valence-corrected chi connectivity index (χ1v) is 9.41. The van der Waals surface area contributed by atoms with E-state index in [1.807, 2.05) is 43.1 Å². The van der Waals surface area contributed by atoms with Crippen molar-refractivity contribution in [1.82, 2.24) is 9.80 Å². The molecule has 0 radical (unpaired) electrons. The number of likely N-dealkylation sites (N-methyl/N-ethyl adjacent to an activating group) is 1. The minimum atomic E-state index is 0.0995. The predicted molar refractivity (Wildman–Crippen MR) is 98.1 cm³/mol. The number of ether oxygens (including phenoxy) is 2. The lowest BCUT2D eigenvalue weighted by Crippen LogP contribution is -2.49. The van der Waals surface area contributed by atoms with Crippen molar-refractivity contribution >= 4 is 5.91 Å². The SMILES string of the molecule is CCOc1ccc(C(=O)N(C)[C@@H]2CCC[C@@H]2N2CCC(OC)C2)cc1. The second-order valence-corrected chi connectivity index (χ2v) is 7.08. The zero-order valence-electron chi connectivity index (χ0n) is 15.6. The van der Waals surface area contributed by atoms with Crippen LogP contribution in [0.2, 0.25) is 0 Å². The number of benzene rings is 1. The van der Waals surface area contributed by atoms with Crippen molar-refractivity contribution in [1.29, 1.82) is 0 Å². The third kappa shape index (κ3) is 3.98. The van der Waals surface area contributed by atoms with Crippen molar-refractivity contribution in [2.75, 3.05) is 33.9 Å². The average Bonchev–Trinajstić information content (AvgIpc) is 3.30. The fourth-order valence-corrected chi connectivity index (χ4v) is 4.26. The quantitative estimate of drug-likeness (QED) is 0.794. The van der Waals surface area contributed by atoms with E-state index in [0.717, 1.165) is 37.2 Å². The van der Waals surface area contributed by atoms with Crippen LogP contribution in [0.3, 0.4) is 0 Å². The van der Waals surface area contributed by atoms with Crippen LogP contribution >= 0.6 is 0 Å². The van der Waals surface area contributed by atoms with Gasteiger partial charge in [-0.15, -0.1) is 0 Å². The van der Waals surface area contributed by atoms with Gasteiger partial charge in [-0.25, -0.2) is 0 Å². The molecule has 2 aliphatic rings. The summed E-state index contributed by atoms with van der Waals surface area (Å²) < 4.78 is 11.0. The zero-order chi connectivity index (χ0) is 17.8. The van der Waals surface area contributed by atoms with Gasteiger partial charge in [0, 0.05) is 44.9 Å². The molecule has 0 spiro atoms. The number of nitrogens with zero attached hydrogens (tertiary/aromatic N) is 2. The molecule has 1 aliphatic carbocycles. The highest BCUT2D eigenvalue weighted by atomic mass is 16.5. The normalized spacial score (nSPS) is 26.8. The van der Waals surface area contributed by atoms with Crippen molar-refractivity contribution in [3.8, 4) is 5.75 Å². The van der Waals surface area contributed by atoms with Gasteiger partial charge in [-0.3, -0.25) is 9.69 Å². The van der Waals surface area contributed by atoms with Crippen LogP contribution in [-0.2, 0) is 4.74 Å². The second-order valence-electron chi connectivity index (χ2n) is 7.08. The number of hydrogen-bond acceptors (Lipinski definition) is 4. The summed E-state index contributed by atoms with van der Waals surface area (Å²) in [7, 11) is 3.74. The molecule has 5 heteroatoms. The average molecular weight is 346 g/mol. The highest BCUT2D eigenvalue weighted by Crippen LogP contribution is 2.31. The Bertz CT molecular complexity index is 575. The van der Waals surface area contributed by atoms with Crippen LogP contribution in [0.15, 0.2) is 24.3 Å². The summed E-state index contributed by atoms with van der Waals surface area (Å²) >= 11 is 0. The Balaban J connectivity index is 1.66. The number of carbonyl (C=O) groups excluding carboxylic acids is 1. The van der Waals surface area contributed by atoms with E-state index in [9.17, 15) is 4.79 Å². The molecule has 3 atom stereocenters. The summed E-state index contributed by atoms with van der Waals surface area (Å²) in [5.74, 6) is 0.908. The molecule has 0 bridgehead atoms. The summed E-state index contributed by atoms with van der Waals surface area (Å²) in [6.45, 7) is 4.66. The highest BCUT2D eigenvalue weighted by molar-refractivity contribution is 5.94. The number of amides is 1. The maximum atomic E-state index is 12.9. The van der Waals surface area contributed by atoms with E-state index in [1.165, 1.54) is 12.8 Å². The molecule has 1 saturated heterocycles. The van der Waals surface area contributed by atoms with Gasteiger partial charge < -0.3 is 14.4 Å². The molecule has 1 amide bonds. The zero-order valence-corrected chi connectivity index (χ0v) is 15.6. The van der Waals surface area contributed by atoms with E-state index in [2.05, 4.69) is 4.90 Å². The summed E-state index contributed by atoms with van der Waals surface area (Å²) in [6, 6.07) is 8.22. The molecule has 1 unspecified atom stereocenters. The van der Waals surface area contributed by atoms with E-state index >= 15 is 0 Å². The molecule has 25 heavy (non-hydrogen) atoms. The van der Waals surface area contributed by atoms with E-state index < -0.39 is 0 Å². The van der Waals surface area contributed by atoms with Crippen molar-refractivity contribution in [2.45, 2.75) is 50.8 Å². The number of rotatable bonds is 6. The lowest BCUT2D eigenvalue weighted by Gasteiger charge is -2.35. The number of hydrogen-bond donors (Lipinski definition) is 0. The first kappa shape index (κ1) is 18.2. The first-order valence-electron chi connectivity index (χ1n) is 9.41. The molecule has 3 rings (SSSR count). The number of methoxy groups -OCH3 is 1. The van der Waals surface area contributed by atoms with Crippen LogP contribution in [-0.4, -0.2) is 67.7 Å². The van der Waals surface area contributed by atoms with Crippen LogP contribution in [0, 0.1) is 0 Å². The Morgan fingerprint density at radius 3 is 2.64 bits per heavy atom. The van der Waals surface area contributed by atoms with Gasteiger partial charge in [0.1, 0.15) is 5.75 Å². The van der Waals surface area contributed by atoms with E-state index in [4.69, 9.17) is 9.47 Å². The lowest BCUT2D eigenvalue weighted by molar-refractivity contribution is 0.0605. The van der Waals surface area contributed by atoms with Crippen molar-refractivity contribution in [3.63, 3.8) is 0 Å². The molecule has 2 fully saturated rings. The van der Waals surface area contributed by atoms with Gasteiger partial charge in [-0.2, -0.15) is 0 Å². The number of likely N-dealkylation sites (tertiary alicyclic amines) is 1.